The van der Waals surface area contributed by atoms with Crippen LogP contribution in [0.15, 0.2) is 67.1 Å². The Balaban J connectivity index is 1.63. The molecule has 0 bridgehead atoms. The summed E-state index contributed by atoms with van der Waals surface area (Å²) in [4.78, 5) is 16.9. The highest BCUT2D eigenvalue weighted by Gasteiger charge is 2.20. The van der Waals surface area contributed by atoms with Gasteiger partial charge in [-0.05, 0) is 41.5 Å². The van der Waals surface area contributed by atoms with E-state index in [1.165, 1.54) is 42.6 Å². The standard InChI is InChI=1S/C26H21F2N5O2/c1-33-12-18(10-29)22(13-33)17-8-21(25(30)31-11-17)15-5-6-20(23(28)9-15)26(35)32-24(14-34)16-3-2-4-19(27)7-16/h2-9,11-13,24,34H,14H2,1H3,(H2,30,31)(H,32,35)/t24-/m1/s1. The average molecular weight is 473 g/mol. The highest BCUT2D eigenvalue weighted by Crippen LogP contribution is 2.32. The summed E-state index contributed by atoms with van der Waals surface area (Å²) in [5.74, 6) is -1.93. The number of aromatic nitrogens is 2. The molecule has 2 aromatic heterocycles. The Morgan fingerprint density at radius 2 is 1.97 bits per heavy atom. The average Bonchev–Trinajstić information content (AvgIpc) is 3.23. The molecule has 0 saturated heterocycles. The van der Waals surface area contributed by atoms with Crippen LogP contribution in [0, 0.1) is 23.0 Å². The summed E-state index contributed by atoms with van der Waals surface area (Å²) in [6, 6.07) is 12.4. The van der Waals surface area contributed by atoms with Crippen molar-refractivity contribution in [2.24, 2.45) is 7.05 Å². The molecule has 1 amide bonds. The number of nitrogens with zero attached hydrogens (tertiary/aromatic N) is 3. The van der Waals surface area contributed by atoms with Gasteiger partial charge in [-0.1, -0.05) is 18.2 Å². The van der Waals surface area contributed by atoms with E-state index in [1.807, 2.05) is 0 Å². The minimum absolute atomic E-state index is 0.159. The summed E-state index contributed by atoms with van der Waals surface area (Å²) < 4.78 is 30.3. The Morgan fingerprint density at radius 3 is 2.66 bits per heavy atom. The van der Waals surface area contributed by atoms with Gasteiger partial charge in [0.2, 0.25) is 0 Å². The van der Waals surface area contributed by atoms with Crippen LogP contribution in [0.2, 0.25) is 0 Å². The lowest BCUT2D eigenvalue weighted by Crippen LogP contribution is -2.31. The number of rotatable bonds is 6. The van der Waals surface area contributed by atoms with Crippen LogP contribution in [0.3, 0.4) is 0 Å². The molecule has 0 fully saturated rings. The molecule has 7 nitrogen and oxygen atoms in total. The Kier molecular flexibility index (Phi) is 6.57. The third-order valence-electron chi connectivity index (χ3n) is 5.57. The maximum absolute atomic E-state index is 15.0. The number of aliphatic hydroxyl groups excluding tert-OH is 1. The molecule has 0 radical (unpaired) electrons. The molecule has 0 aliphatic rings. The normalized spacial score (nSPS) is 11.6. The van der Waals surface area contributed by atoms with E-state index in [0.717, 1.165) is 0 Å². The fourth-order valence-corrected chi connectivity index (χ4v) is 3.82. The maximum Gasteiger partial charge on any atom is 0.254 e. The van der Waals surface area contributed by atoms with E-state index in [4.69, 9.17) is 5.73 Å². The summed E-state index contributed by atoms with van der Waals surface area (Å²) in [6.45, 7) is -0.492. The van der Waals surface area contributed by atoms with Crippen molar-refractivity contribution in [1.29, 1.82) is 5.26 Å². The summed E-state index contributed by atoms with van der Waals surface area (Å²) >= 11 is 0. The van der Waals surface area contributed by atoms with Crippen LogP contribution in [-0.4, -0.2) is 27.2 Å². The lowest BCUT2D eigenvalue weighted by Gasteiger charge is -2.17. The third kappa shape index (κ3) is 4.88. The van der Waals surface area contributed by atoms with E-state index in [-0.39, 0.29) is 11.4 Å². The number of carbonyl (C=O) groups is 1. The molecule has 4 N–H and O–H groups in total. The van der Waals surface area contributed by atoms with Crippen molar-refractivity contribution in [1.82, 2.24) is 14.9 Å². The fourth-order valence-electron chi connectivity index (χ4n) is 3.82. The molecule has 4 rings (SSSR count). The molecule has 1 atom stereocenters. The van der Waals surface area contributed by atoms with Gasteiger partial charge in [0.05, 0.1) is 23.8 Å². The second-order valence-electron chi connectivity index (χ2n) is 7.98. The monoisotopic (exact) mass is 473 g/mol. The first-order valence-electron chi connectivity index (χ1n) is 10.6. The summed E-state index contributed by atoms with van der Waals surface area (Å²) in [6.07, 6.45) is 5.00. The van der Waals surface area contributed by atoms with Gasteiger partial charge in [0.1, 0.15) is 23.5 Å². The highest BCUT2D eigenvalue weighted by atomic mass is 19.1. The third-order valence-corrected chi connectivity index (χ3v) is 5.57. The van der Waals surface area contributed by atoms with E-state index < -0.39 is 30.2 Å². The van der Waals surface area contributed by atoms with Gasteiger partial charge in [-0.3, -0.25) is 4.79 Å². The van der Waals surface area contributed by atoms with E-state index in [2.05, 4.69) is 16.4 Å². The number of carbonyl (C=O) groups excluding carboxylic acids is 1. The van der Waals surface area contributed by atoms with Gasteiger partial charge in [0.15, 0.2) is 0 Å². The number of nitriles is 1. The smallest absolute Gasteiger partial charge is 0.254 e. The maximum atomic E-state index is 15.0. The number of aryl methyl sites for hydroxylation is 1. The first-order valence-corrected chi connectivity index (χ1v) is 10.6. The van der Waals surface area contributed by atoms with Crippen molar-refractivity contribution in [2.45, 2.75) is 6.04 Å². The number of benzene rings is 2. The number of nitrogens with one attached hydrogen (secondary N) is 1. The molecular weight excluding hydrogens is 452 g/mol. The zero-order valence-electron chi connectivity index (χ0n) is 18.7. The van der Waals surface area contributed by atoms with Gasteiger partial charge >= 0.3 is 0 Å². The Morgan fingerprint density at radius 1 is 1.17 bits per heavy atom. The summed E-state index contributed by atoms with van der Waals surface area (Å²) in [5, 5.41) is 21.6. The van der Waals surface area contributed by atoms with Gasteiger partial charge in [0, 0.05) is 42.3 Å². The molecule has 4 aromatic rings. The SMILES string of the molecule is Cn1cc(C#N)c(-c2cnc(N)c(-c3ccc(C(=O)N[C@H](CO)c4cccc(F)c4)c(F)c3)c2)c1. The van der Waals surface area contributed by atoms with Gasteiger partial charge in [0.25, 0.3) is 5.91 Å². The van der Waals surface area contributed by atoms with E-state index >= 15 is 0 Å². The molecule has 0 aliphatic heterocycles. The van der Waals surface area contributed by atoms with Crippen LogP contribution in [-0.2, 0) is 7.05 Å². The minimum Gasteiger partial charge on any atom is -0.394 e. The Hall–Kier alpha value is -4.55. The number of pyridine rings is 1. The van der Waals surface area contributed by atoms with Crippen LogP contribution in [0.5, 0.6) is 0 Å². The van der Waals surface area contributed by atoms with Crippen molar-refractivity contribution in [3.8, 4) is 28.3 Å². The number of anilines is 1. The van der Waals surface area contributed by atoms with E-state index in [9.17, 15) is 23.9 Å². The first kappa shape index (κ1) is 23.6. The van der Waals surface area contributed by atoms with Crippen LogP contribution < -0.4 is 11.1 Å². The number of hydrogen-bond donors (Lipinski definition) is 3. The lowest BCUT2D eigenvalue weighted by molar-refractivity contribution is 0.0912. The van der Waals surface area contributed by atoms with Crippen LogP contribution in [0.4, 0.5) is 14.6 Å². The molecule has 35 heavy (non-hydrogen) atoms. The van der Waals surface area contributed by atoms with Gasteiger partial charge in [-0.2, -0.15) is 5.26 Å². The van der Waals surface area contributed by atoms with Crippen molar-refractivity contribution in [3.63, 3.8) is 0 Å². The summed E-state index contributed by atoms with van der Waals surface area (Å²) in [7, 11) is 1.80. The molecule has 176 valence electrons. The second-order valence-corrected chi connectivity index (χ2v) is 7.98. The predicted molar refractivity (Wildman–Crippen MR) is 127 cm³/mol. The second kappa shape index (κ2) is 9.75. The van der Waals surface area contributed by atoms with Crippen LogP contribution in [0.1, 0.15) is 27.5 Å². The summed E-state index contributed by atoms with van der Waals surface area (Å²) in [5.41, 5.74) is 8.73. The largest absolute Gasteiger partial charge is 0.394 e. The molecule has 0 spiro atoms. The van der Waals surface area contributed by atoms with Gasteiger partial charge < -0.3 is 20.7 Å². The van der Waals surface area contributed by atoms with Crippen molar-refractivity contribution in [3.05, 3.63) is 95.4 Å². The van der Waals surface area contributed by atoms with Crippen molar-refractivity contribution < 1.29 is 18.7 Å². The molecule has 2 aromatic carbocycles. The van der Waals surface area contributed by atoms with Crippen LogP contribution in [0.25, 0.3) is 22.3 Å². The molecule has 0 saturated carbocycles. The van der Waals surface area contributed by atoms with Crippen molar-refractivity contribution >= 4 is 11.7 Å². The number of nitrogens with two attached hydrogens (primary N) is 1. The zero-order chi connectivity index (χ0) is 25.1. The predicted octanol–water partition coefficient (Wildman–Crippen LogP) is 3.95. The number of aliphatic hydroxyl groups is 1. The van der Waals surface area contributed by atoms with Gasteiger partial charge in [-0.25, -0.2) is 13.8 Å². The quantitative estimate of drug-likeness (QED) is 0.392. The van der Waals surface area contributed by atoms with E-state index in [0.29, 0.717) is 33.4 Å². The number of halogens is 2. The molecular formula is C26H21F2N5O2. The Labute approximate surface area is 200 Å². The fraction of sp³-hybridized carbons (Fsp3) is 0.115. The van der Waals surface area contributed by atoms with Gasteiger partial charge in [-0.15, -0.1) is 0 Å². The molecule has 0 unspecified atom stereocenters. The number of hydrogen-bond acceptors (Lipinski definition) is 5. The number of nitrogen functional groups attached to an aromatic ring is 1. The zero-order valence-corrected chi connectivity index (χ0v) is 18.7. The highest BCUT2D eigenvalue weighted by molar-refractivity contribution is 5.95. The molecule has 2 heterocycles. The van der Waals surface area contributed by atoms with E-state index in [1.54, 1.807) is 36.1 Å². The molecule has 9 heteroatoms. The van der Waals surface area contributed by atoms with Crippen molar-refractivity contribution in [2.75, 3.05) is 12.3 Å². The topological polar surface area (TPSA) is 117 Å². The molecule has 0 aliphatic carbocycles. The van der Waals surface area contributed by atoms with Crippen LogP contribution >= 0.6 is 0 Å². The number of amides is 1. The minimum atomic E-state index is -0.908. The first-order chi connectivity index (χ1) is 16.8. The Bertz CT molecular complexity index is 1460. The lowest BCUT2D eigenvalue weighted by atomic mass is 9.99.